The minimum absolute atomic E-state index is 0.118. The maximum atomic E-state index is 6.32. The van der Waals surface area contributed by atoms with Gasteiger partial charge in [-0.2, -0.15) is 0 Å². The van der Waals surface area contributed by atoms with E-state index < -0.39 is 0 Å². The Morgan fingerprint density at radius 2 is 2.11 bits per heavy atom. The predicted molar refractivity (Wildman–Crippen MR) is 76.5 cm³/mol. The van der Waals surface area contributed by atoms with Crippen molar-refractivity contribution in [1.82, 2.24) is 5.32 Å². The quantitative estimate of drug-likeness (QED) is 0.876. The zero-order valence-corrected chi connectivity index (χ0v) is 12.3. The molecule has 0 amide bonds. The molecule has 0 saturated heterocycles. The van der Waals surface area contributed by atoms with Crippen LogP contribution in [-0.4, -0.2) is 19.3 Å². The van der Waals surface area contributed by atoms with Crippen LogP contribution in [0.25, 0.3) is 0 Å². The molecule has 0 bridgehead atoms. The number of hydrogen-bond donors (Lipinski definition) is 1. The number of halogens is 2. The Bertz CT molecular complexity index is 413. The van der Waals surface area contributed by atoms with Gasteiger partial charge in [0.2, 0.25) is 0 Å². The molecule has 1 aliphatic rings. The van der Waals surface area contributed by atoms with Crippen molar-refractivity contribution < 1.29 is 4.74 Å². The second kappa shape index (κ2) is 5.79. The zero-order chi connectivity index (χ0) is 13.2. The maximum Gasteiger partial charge on any atom is 0.0873 e. The summed E-state index contributed by atoms with van der Waals surface area (Å²) in [6, 6.07) is 5.81. The lowest BCUT2D eigenvalue weighted by molar-refractivity contribution is -0.0994. The lowest BCUT2D eigenvalue weighted by Gasteiger charge is -2.47. The minimum Gasteiger partial charge on any atom is -0.376 e. The van der Waals surface area contributed by atoms with Gasteiger partial charge in [-0.15, -0.1) is 0 Å². The van der Waals surface area contributed by atoms with Gasteiger partial charge in [-0.3, -0.25) is 0 Å². The molecule has 100 valence electrons. The van der Waals surface area contributed by atoms with Crippen LogP contribution in [0.15, 0.2) is 18.2 Å². The average molecular weight is 288 g/mol. The summed E-state index contributed by atoms with van der Waals surface area (Å²) in [5, 5.41) is 4.87. The lowest BCUT2D eigenvalue weighted by atomic mass is 9.72. The third-order valence-electron chi connectivity index (χ3n) is 3.81. The number of likely N-dealkylation sites (N-methyl/N-ethyl adjacent to an activating group) is 1. The van der Waals surface area contributed by atoms with E-state index in [9.17, 15) is 0 Å². The van der Waals surface area contributed by atoms with Crippen LogP contribution in [-0.2, 0) is 4.74 Å². The van der Waals surface area contributed by atoms with Crippen LogP contribution in [0.2, 0.25) is 10.0 Å². The Morgan fingerprint density at radius 3 is 2.56 bits per heavy atom. The van der Waals surface area contributed by atoms with Gasteiger partial charge in [-0.05, 0) is 43.5 Å². The zero-order valence-electron chi connectivity index (χ0n) is 10.8. The van der Waals surface area contributed by atoms with Crippen molar-refractivity contribution in [3.8, 4) is 0 Å². The number of methoxy groups -OCH3 is 1. The molecule has 1 atom stereocenters. The van der Waals surface area contributed by atoms with Crippen molar-refractivity contribution in [2.45, 2.75) is 37.8 Å². The van der Waals surface area contributed by atoms with Gasteiger partial charge in [0, 0.05) is 17.2 Å². The molecule has 0 spiro atoms. The number of hydrogen-bond acceptors (Lipinski definition) is 2. The van der Waals surface area contributed by atoms with Gasteiger partial charge in [-0.1, -0.05) is 36.2 Å². The summed E-state index contributed by atoms with van der Waals surface area (Å²) in [6.45, 7) is 2.98. The fourth-order valence-electron chi connectivity index (χ4n) is 2.65. The Hall–Kier alpha value is -0.280. The first-order valence-electron chi connectivity index (χ1n) is 6.36. The Labute approximate surface area is 119 Å². The topological polar surface area (TPSA) is 21.3 Å². The van der Waals surface area contributed by atoms with E-state index >= 15 is 0 Å². The molecule has 4 heteroatoms. The Kier molecular flexibility index (Phi) is 4.54. The lowest BCUT2D eigenvalue weighted by Crippen LogP contribution is -2.50. The second-order valence-electron chi connectivity index (χ2n) is 4.78. The summed E-state index contributed by atoms with van der Waals surface area (Å²) in [6.07, 6.45) is 3.35. The van der Waals surface area contributed by atoms with Gasteiger partial charge in [-0.25, -0.2) is 0 Å². The van der Waals surface area contributed by atoms with E-state index in [0.717, 1.165) is 24.9 Å². The molecule has 18 heavy (non-hydrogen) atoms. The SMILES string of the molecule is CCNC(c1ccc(Cl)cc1Cl)C1(OC)CCC1. The van der Waals surface area contributed by atoms with Crippen LogP contribution in [0, 0.1) is 0 Å². The van der Waals surface area contributed by atoms with Gasteiger partial charge in [0.05, 0.1) is 11.6 Å². The van der Waals surface area contributed by atoms with Crippen molar-refractivity contribution in [1.29, 1.82) is 0 Å². The standard InChI is InChI=1S/C14H19Cl2NO/c1-3-17-13(14(18-2)7-4-8-14)11-6-5-10(15)9-12(11)16/h5-6,9,13,17H,3-4,7-8H2,1-2H3. The van der Waals surface area contributed by atoms with E-state index in [1.165, 1.54) is 6.42 Å². The molecule has 0 aromatic heterocycles. The monoisotopic (exact) mass is 287 g/mol. The van der Waals surface area contributed by atoms with Crippen molar-refractivity contribution in [2.24, 2.45) is 0 Å². The molecular weight excluding hydrogens is 269 g/mol. The first kappa shape index (κ1) is 14.1. The molecule has 1 aromatic rings. The molecule has 0 heterocycles. The summed E-state index contributed by atoms with van der Waals surface area (Å²) < 4.78 is 5.77. The molecule has 2 nitrogen and oxygen atoms in total. The van der Waals surface area contributed by atoms with Crippen molar-refractivity contribution in [3.63, 3.8) is 0 Å². The molecular formula is C14H19Cl2NO. The van der Waals surface area contributed by atoms with Crippen molar-refractivity contribution in [2.75, 3.05) is 13.7 Å². The van der Waals surface area contributed by atoms with E-state index in [1.54, 1.807) is 13.2 Å². The number of rotatable bonds is 5. The van der Waals surface area contributed by atoms with Crippen LogP contribution in [0.1, 0.15) is 37.8 Å². The molecule has 1 aromatic carbocycles. The van der Waals surface area contributed by atoms with Gasteiger partial charge in [0.15, 0.2) is 0 Å². The highest BCUT2D eigenvalue weighted by molar-refractivity contribution is 6.35. The van der Waals surface area contributed by atoms with Gasteiger partial charge in [0.1, 0.15) is 0 Å². The summed E-state index contributed by atoms with van der Waals surface area (Å²) in [4.78, 5) is 0. The van der Waals surface area contributed by atoms with Crippen molar-refractivity contribution >= 4 is 23.2 Å². The van der Waals surface area contributed by atoms with Crippen molar-refractivity contribution in [3.05, 3.63) is 33.8 Å². The molecule has 2 rings (SSSR count). The van der Waals surface area contributed by atoms with E-state index in [-0.39, 0.29) is 11.6 Å². The van der Waals surface area contributed by atoms with Crippen LogP contribution in [0.4, 0.5) is 0 Å². The largest absolute Gasteiger partial charge is 0.376 e. The maximum absolute atomic E-state index is 6.32. The molecule has 1 aliphatic carbocycles. The van der Waals surface area contributed by atoms with E-state index in [4.69, 9.17) is 27.9 Å². The van der Waals surface area contributed by atoms with E-state index in [2.05, 4.69) is 12.2 Å². The third kappa shape index (κ3) is 2.53. The average Bonchev–Trinajstić information content (AvgIpc) is 2.27. The molecule has 1 saturated carbocycles. The number of nitrogens with one attached hydrogen (secondary N) is 1. The highest BCUT2D eigenvalue weighted by atomic mass is 35.5. The summed E-state index contributed by atoms with van der Waals surface area (Å²) >= 11 is 12.3. The Morgan fingerprint density at radius 1 is 1.39 bits per heavy atom. The van der Waals surface area contributed by atoms with Crippen LogP contribution < -0.4 is 5.32 Å². The number of ether oxygens (including phenoxy) is 1. The third-order valence-corrected chi connectivity index (χ3v) is 4.38. The first-order valence-corrected chi connectivity index (χ1v) is 7.12. The van der Waals surface area contributed by atoms with E-state index in [0.29, 0.717) is 10.0 Å². The highest BCUT2D eigenvalue weighted by Crippen LogP contribution is 2.46. The summed E-state index contributed by atoms with van der Waals surface area (Å²) in [7, 11) is 1.79. The molecule has 0 radical (unpaired) electrons. The fourth-order valence-corrected chi connectivity index (χ4v) is 3.17. The van der Waals surface area contributed by atoms with Crippen LogP contribution in [0.3, 0.4) is 0 Å². The fraction of sp³-hybridized carbons (Fsp3) is 0.571. The number of benzene rings is 1. The van der Waals surface area contributed by atoms with Gasteiger partial charge < -0.3 is 10.1 Å². The minimum atomic E-state index is -0.118. The van der Waals surface area contributed by atoms with Gasteiger partial charge in [0.25, 0.3) is 0 Å². The second-order valence-corrected chi connectivity index (χ2v) is 5.62. The molecule has 1 unspecified atom stereocenters. The normalized spacial score (nSPS) is 19.3. The molecule has 1 N–H and O–H groups in total. The molecule has 1 fully saturated rings. The van der Waals surface area contributed by atoms with Gasteiger partial charge >= 0.3 is 0 Å². The van der Waals surface area contributed by atoms with E-state index in [1.807, 2.05) is 12.1 Å². The predicted octanol–water partition coefficient (Wildman–Crippen LogP) is 4.21. The Balaban J connectivity index is 2.34. The smallest absolute Gasteiger partial charge is 0.0873 e. The highest BCUT2D eigenvalue weighted by Gasteiger charge is 2.45. The van der Waals surface area contributed by atoms with Crippen LogP contribution in [0.5, 0.6) is 0 Å². The summed E-state index contributed by atoms with van der Waals surface area (Å²) in [5.74, 6) is 0. The molecule has 0 aliphatic heterocycles. The van der Waals surface area contributed by atoms with Crippen LogP contribution >= 0.6 is 23.2 Å². The first-order chi connectivity index (χ1) is 8.63. The summed E-state index contributed by atoms with van der Waals surface area (Å²) in [5.41, 5.74) is 0.956.